The Balaban J connectivity index is 2.05. The summed E-state index contributed by atoms with van der Waals surface area (Å²) in [6.07, 6.45) is 2.09. The Bertz CT molecular complexity index is 802. The summed E-state index contributed by atoms with van der Waals surface area (Å²) < 4.78 is 5.12. The lowest BCUT2D eigenvalue weighted by atomic mass is 9.90. The Kier molecular flexibility index (Phi) is 4.30. The van der Waals surface area contributed by atoms with Gasteiger partial charge in [-0.25, -0.2) is 4.79 Å². The fraction of sp³-hybridized carbons (Fsp3) is 0.250. The van der Waals surface area contributed by atoms with Gasteiger partial charge >= 0.3 is 5.97 Å². The Morgan fingerprint density at radius 2 is 2.04 bits per heavy atom. The minimum atomic E-state index is -0.327. The van der Waals surface area contributed by atoms with Crippen molar-refractivity contribution in [3.05, 3.63) is 71.7 Å². The number of nitrogens with zero attached hydrogens (tertiary/aromatic N) is 1. The maximum Gasteiger partial charge on any atom is 0.354 e. The summed E-state index contributed by atoms with van der Waals surface area (Å²) in [4.78, 5) is 17.4. The maximum absolute atomic E-state index is 12.1. The first-order valence-electron chi connectivity index (χ1n) is 8.11. The highest BCUT2D eigenvalue weighted by Crippen LogP contribution is 2.40. The number of carbonyl (C=O) groups is 1. The zero-order valence-corrected chi connectivity index (χ0v) is 14.3. The van der Waals surface area contributed by atoms with E-state index >= 15 is 0 Å². The molecule has 24 heavy (non-hydrogen) atoms. The smallest absolute Gasteiger partial charge is 0.354 e. The van der Waals surface area contributed by atoms with E-state index in [1.165, 1.54) is 0 Å². The largest absolute Gasteiger partial charge is 0.461 e. The van der Waals surface area contributed by atoms with Crippen molar-refractivity contribution in [2.45, 2.75) is 19.9 Å². The number of hydrogen-bond acceptors (Lipinski definition) is 3. The molecule has 124 valence electrons. The lowest BCUT2D eigenvalue weighted by molar-refractivity contribution is 0.0520. The number of ether oxygens (including phenoxy) is 1. The average molecular weight is 322 g/mol. The predicted molar refractivity (Wildman–Crippen MR) is 96.4 cm³/mol. The molecule has 0 fully saturated rings. The van der Waals surface area contributed by atoms with E-state index in [0.29, 0.717) is 12.3 Å². The number of hydrogen-bond donors (Lipinski definition) is 1. The molecule has 1 N–H and O–H groups in total. The third kappa shape index (κ3) is 2.75. The molecule has 1 atom stereocenters. The summed E-state index contributed by atoms with van der Waals surface area (Å²) >= 11 is 0. The van der Waals surface area contributed by atoms with Gasteiger partial charge in [0.25, 0.3) is 0 Å². The molecule has 0 spiro atoms. The molecule has 0 aliphatic carbocycles. The molecule has 0 amide bonds. The van der Waals surface area contributed by atoms with Crippen LogP contribution in [0.4, 0.5) is 0 Å². The summed E-state index contributed by atoms with van der Waals surface area (Å²) in [6, 6.07) is 12.1. The van der Waals surface area contributed by atoms with Crippen LogP contribution < -0.4 is 0 Å². The maximum atomic E-state index is 12.1. The van der Waals surface area contributed by atoms with Gasteiger partial charge in [-0.05, 0) is 31.1 Å². The number of nitrogens with one attached hydrogen (secondary N) is 1. The van der Waals surface area contributed by atoms with Crippen LogP contribution in [0.3, 0.4) is 0 Å². The average Bonchev–Trinajstić information content (AvgIpc) is 3.04. The van der Waals surface area contributed by atoms with Crippen LogP contribution in [-0.2, 0) is 4.74 Å². The van der Waals surface area contributed by atoms with Gasteiger partial charge in [-0.15, -0.1) is 0 Å². The number of aromatic nitrogens is 1. The molecule has 0 bridgehead atoms. The summed E-state index contributed by atoms with van der Waals surface area (Å²) in [5.41, 5.74) is 5.52. The molecule has 0 saturated carbocycles. The van der Waals surface area contributed by atoms with Crippen LogP contribution in [0.5, 0.6) is 0 Å². The summed E-state index contributed by atoms with van der Waals surface area (Å²) in [7, 11) is 2.02. The van der Waals surface area contributed by atoms with Crippen molar-refractivity contribution in [3.63, 3.8) is 0 Å². The fourth-order valence-corrected chi connectivity index (χ4v) is 2.97. The van der Waals surface area contributed by atoms with E-state index in [1.807, 2.05) is 43.4 Å². The standard InChI is InChI=1S/C20H22N2O2/c1-5-24-20(23)18-11-16-17(12-22(4)14(3)19(16)21-18)13(2)15-9-7-6-8-10-15/h6-12,14,21H,2,5H2,1,3-4H3. The van der Waals surface area contributed by atoms with Gasteiger partial charge in [0.05, 0.1) is 12.6 Å². The van der Waals surface area contributed by atoms with Crippen molar-refractivity contribution in [2.75, 3.05) is 13.7 Å². The van der Waals surface area contributed by atoms with Crippen molar-refractivity contribution in [1.29, 1.82) is 0 Å². The van der Waals surface area contributed by atoms with Crippen LogP contribution in [0.25, 0.3) is 11.1 Å². The number of rotatable bonds is 4. The van der Waals surface area contributed by atoms with Crippen LogP contribution in [-0.4, -0.2) is 29.5 Å². The number of benzene rings is 1. The number of esters is 1. The second kappa shape index (κ2) is 6.40. The molecular weight excluding hydrogens is 300 g/mol. The first kappa shape index (κ1) is 16.1. The highest BCUT2D eigenvalue weighted by atomic mass is 16.5. The summed E-state index contributed by atoms with van der Waals surface area (Å²) in [5.74, 6) is -0.327. The predicted octanol–water partition coefficient (Wildman–Crippen LogP) is 4.25. The van der Waals surface area contributed by atoms with Crippen LogP contribution in [0.15, 0.2) is 49.2 Å². The van der Waals surface area contributed by atoms with E-state index in [2.05, 4.69) is 29.6 Å². The molecule has 1 unspecified atom stereocenters. The second-order valence-electron chi connectivity index (χ2n) is 5.96. The molecule has 2 heterocycles. The second-order valence-corrected chi connectivity index (χ2v) is 5.96. The van der Waals surface area contributed by atoms with E-state index in [-0.39, 0.29) is 12.0 Å². The van der Waals surface area contributed by atoms with Crippen molar-refractivity contribution in [1.82, 2.24) is 9.88 Å². The monoisotopic (exact) mass is 322 g/mol. The Morgan fingerprint density at radius 1 is 1.33 bits per heavy atom. The van der Waals surface area contributed by atoms with Gasteiger partial charge in [0.15, 0.2) is 0 Å². The minimum absolute atomic E-state index is 0.149. The van der Waals surface area contributed by atoms with Crippen LogP contribution in [0.2, 0.25) is 0 Å². The summed E-state index contributed by atoms with van der Waals surface area (Å²) in [6.45, 7) is 8.54. The van der Waals surface area contributed by atoms with Crippen LogP contribution in [0.1, 0.15) is 47.2 Å². The van der Waals surface area contributed by atoms with Crippen molar-refractivity contribution in [2.24, 2.45) is 0 Å². The molecule has 4 nitrogen and oxygen atoms in total. The van der Waals surface area contributed by atoms with Crippen LogP contribution in [0, 0.1) is 0 Å². The molecule has 1 aromatic carbocycles. The van der Waals surface area contributed by atoms with Crippen LogP contribution >= 0.6 is 0 Å². The van der Waals surface area contributed by atoms with Gasteiger partial charge in [0.1, 0.15) is 5.69 Å². The number of H-pyrrole nitrogens is 1. The Labute approximate surface area is 142 Å². The number of carbonyl (C=O) groups excluding carboxylic acids is 1. The molecule has 3 rings (SSSR count). The quantitative estimate of drug-likeness (QED) is 0.856. The number of aromatic amines is 1. The molecular formula is C20H22N2O2. The van der Waals surface area contributed by atoms with Crippen molar-refractivity contribution < 1.29 is 9.53 Å². The third-order valence-electron chi connectivity index (χ3n) is 4.44. The van der Waals surface area contributed by atoms with E-state index < -0.39 is 0 Å². The third-order valence-corrected chi connectivity index (χ3v) is 4.44. The van der Waals surface area contributed by atoms with Gasteiger partial charge in [-0.1, -0.05) is 36.9 Å². The zero-order chi connectivity index (χ0) is 17.3. The van der Waals surface area contributed by atoms with Crippen molar-refractivity contribution >= 4 is 17.1 Å². The van der Waals surface area contributed by atoms with E-state index in [4.69, 9.17) is 4.74 Å². The Morgan fingerprint density at radius 3 is 2.71 bits per heavy atom. The van der Waals surface area contributed by atoms with E-state index in [1.54, 1.807) is 6.92 Å². The molecule has 0 radical (unpaired) electrons. The lowest BCUT2D eigenvalue weighted by Crippen LogP contribution is -2.22. The van der Waals surface area contributed by atoms with Gasteiger partial charge < -0.3 is 14.6 Å². The van der Waals surface area contributed by atoms with Gasteiger partial charge in [-0.2, -0.15) is 0 Å². The van der Waals surface area contributed by atoms with Gasteiger partial charge in [-0.3, -0.25) is 0 Å². The first-order valence-corrected chi connectivity index (χ1v) is 8.11. The number of allylic oxidation sites excluding steroid dienone is 2. The normalized spacial score (nSPS) is 16.4. The molecule has 1 aliphatic heterocycles. The lowest BCUT2D eigenvalue weighted by Gasteiger charge is -2.30. The van der Waals surface area contributed by atoms with Gasteiger partial charge in [0, 0.05) is 30.1 Å². The molecule has 4 heteroatoms. The number of fused-ring (bicyclic) bond motifs is 1. The highest BCUT2D eigenvalue weighted by molar-refractivity contribution is 6.06. The topological polar surface area (TPSA) is 45.3 Å². The molecule has 2 aromatic rings. The van der Waals surface area contributed by atoms with Crippen molar-refractivity contribution in [3.8, 4) is 0 Å². The first-order chi connectivity index (χ1) is 11.5. The SMILES string of the molecule is C=C(C1=CN(C)C(C)c2[nH]c(C(=O)OCC)cc21)c1ccccc1. The van der Waals surface area contributed by atoms with E-state index in [0.717, 1.165) is 28.0 Å². The minimum Gasteiger partial charge on any atom is -0.461 e. The molecule has 0 saturated heterocycles. The molecule has 1 aliphatic rings. The zero-order valence-electron chi connectivity index (χ0n) is 14.3. The highest BCUT2D eigenvalue weighted by Gasteiger charge is 2.27. The van der Waals surface area contributed by atoms with Gasteiger partial charge in [0.2, 0.25) is 0 Å². The Hall–Kier alpha value is -2.75. The van der Waals surface area contributed by atoms with E-state index in [9.17, 15) is 4.79 Å². The molecule has 1 aromatic heterocycles. The fourth-order valence-electron chi connectivity index (χ4n) is 2.97. The summed E-state index contributed by atoms with van der Waals surface area (Å²) in [5, 5.41) is 0.